The molecule has 0 amide bonds. The van der Waals surface area contributed by atoms with Gasteiger partial charge in [-0.2, -0.15) is 0 Å². The molecule has 2 aromatic rings. The van der Waals surface area contributed by atoms with Gasteiger partial charge in [0.15, 0.2) is 5.89 Å². The lowest BCUT2D eigenvalue weighted by atomic mass is 9.91. The molecule has 0 aliphatic heterocycles. The van der Waals surface area contributed by atoms with Crippen molar-refractivity contribution in [1.29, 1.82) is 0 Å². The molecular formula is C14H17NO4. The first-order valence-corrected chi connectivity index (χ1v) is 6.14. The van der Waals surface area contributed by atoms with Crippen molar-refractivity contribution in [2.75, 3.05) is 0 Å². The maximum atomic E-state index is 11.2. The minimum absolute atomic E-state index is 0.0676. The molecule has 2 rings (SSSR count). The van der Waals surface area contributed by atoms with Crippen LogP contribution >= 0.6 is 0 Å². The predicted molar refractivity (Wildman–Crippen MR) is 68.3 cm³/mol. The number of aromatic carboxylic acids is 1. The molecule has 0 aromatic carbocycles. The lowest BCUT2D eigenvalue weighted by molar-refractivity contribution is 0.0656. The largest absolute Gasteiger partial charge is 0.475 e. The van der Waals surface area contributed by atoms with Crippen LogP contribution in [-0.2, 0) is 18.3 Å². The average molecular weight is 263 g/mol. The number of oxazole rings is 1. The number of nitrogens with zero attached hydrogens (tertiary/aromatic N) is 1. The van der Waals surface area contributed by atoms with Gasteiger partial charge in [0.1, 0.15) is 5.76 Å². The Hall–Kier alpha value is -2.04. The molecule has 0 aliphatic rings. The molecule has 0 radical (unpaired) electrons. The summed E-state index contributed by atoms with van der Waals surface area (Å²) in [6.07, 6.45) is 2.76. The van der Waals surface area contributed by atoms with Crippen LogP contribution in [0, 0.1) is 0 Å². The van der Waals surface area contributed by atoms with Crippen molar-refractivity contribution < 1.29 is 18.7 Å². The SMILES string of the molecule is CC(C)(C)c1nc(CCc2ccco2)oc1C(=O)O. The van der Waals surface area contributed by atoms with Gasteiger partial charge in [0.05, 0.1) is 12.0 Å². The Morgan fingerprint density at radius 2 is 2.11 bits per heavy atom. The molecule has 2 heterocycles. The molecule has 19 heavy (non-hydrogen) atoms. The van der Waals surface area contributed by atoms with Crippen molar-refractivity contribution in [2.24, 2.45) is 0 Å². The molecule has 0 aliphatic carbocycles. The Bertz CT molecular complexity index is 561. The van der Waals surface area contributed by atoms with Crippen LogP contribution in [0.15, 0.2) is 27.2 Å². The summed E-state index contributed by atoms with van der Waals surface area (Å²) in [7, 11) is 0. The van der Waals surface area contributed by atoms with Crippen LogP contribution < -0.4 is 0 Å². The van der Waals surface area contributed by atoms with Gasteiger partial charge in [0.25, 0.3) is 0 Å². The molecule has 0 saturated heterocycles. The fourth-order valence-corrected chi connectivity index (χ4v) is 1.81. The van der Waals surface area contributed by atoms with Crippen molar-refractivity contribution in [3.8, 4) is 0 Å². The van der Waals surface area contributed by atoms with E-state index in [0.29, 0.717) is 24.4 Å². The number of hydrogen-bond donors (Lipinski definition) is 1. The average Bonchev–Trinajstić information content (AvgIpc) is 2.94. The van der Waals surface area contributed by atoms with E-state index in [1.165, 1.54) is 0 Å². The molecule has 5 nitrogen and oxygen atoms in total. The molecule has 0 fully saturated rings. The molecule has 5 heteroatoms. The number of rotatable bonds is 4. The van der Waals surface area contributed by atoms with Gasteiger partial charge in [-0.25, -0.2) is 9.78 Å². The van der Waals surface area contributed by atoms with Gasteiger partial charge in [-0.1, -0.05) is 20.8 Å². The van der Waals surface area contributed by atoms with Gasteiger partial charge in [0, 0.05) is 18.3 Å². The van der Waals surface area contributed by atoms with E-state index in [2.05, 4.69) is 4.98 Å². The summed E-state index contributed by atoms with van der Waals surface area (Å²) in [4.78, 5) is 15.5. The normalized spacial score (nSPS) is 11.7. The maximum absolute atomic E-state index is 11.2. The first-order chi connectivity index (χ1) is 8.88. The maximum Gasteiger partial charge on any atom is 0.373 e. The van der Waals surface area contributed by atoms with Crippen molar-refractivity contribution in [1.82, 2.24) is 4.98 Å². The number of carboxylic acid groups (broad SMARTS) is 1. The fourth-order valence-electron chi connectivity index (χ4n) is 1.81. The zero-order chi connectivity index (χ0) is 14.0. The summed E-state index contributed by atoms with van der Waals surface area (Å²) < 4.78 is 10.6. The van der Waals surface area contributed by atoms with Crippen LogP contribution in [-0.4, -0.2) is 16.1 Å². The first kappa shape index (κ1) is 13.4. The van der Waals surface area contributed by atoms with E-state index in [1.54, 1.807) is 6.26 Å². The third-order valence-corrected chi connectivity index (χ3v) is 2.74. The van der Waals surface area contributed by atoms with Gasteiger partial charge >= 0.3 is 5.97 Å². The molecule has 0 atom stereocenters. The number of furan rings is 1. The zero-order valence-corrected chi connectivity index (χ0v) is 11.3. The van der Waals surface area contributed by atoms with Crippen LogP contribution in [0.3, 0.4) is 0 Å². The lowest BCUT2D eigenvalue weighted by Crippen LogP contribution is -2.16. The summed E-state index contributed by atoms with van der Waals surface area (Å²) in [6.45, 7) is 5.73. The van der Waals surface area contributed by atoms with E-state index >= 15 is 0 Å². The topological polar surface area (TPSA) is 76.5 Å². The number of carboxylic acids is 1. The summed E-state index contributed by atoms with van der Waals surface area (Å²) >= 11 is 0. The number of carbonyl (C=O) groups is 1. The van der Waals surface area contributed by atoms with Crippen LogP contribution in [0.25, 0.3) is 0 Å². The van der Waals surface area contributed by atoms with Gasteiger partial charge in [0.2, 0.25) is 5.76 Å². The van der Waals surface area contributed by atoms with E-state index in [1.807, 2.05) is 32.9 Å². The first-order valence-electron chi connectivity index (χ1n) is 6.14. The van der Waals surface area contributed by atoms with Gasteiger partial charge in [-0.15, -0.1) is 0 Å². The van der Waals surface area contributed by atoms with Crippen molar-refractivity contribution in [2.45, 2.75) is 39.0 Å². The van der Waals surface area contributed by atoms with E-state index in [0.717, 1.165) is 5.76 Å². The Labute approximate surface area is 111 Å². The fraction of sp³-hybridized carbons (Fsp3) is 0.429. The molecule has 1 N–H and O–H groups in total. The van der Waals surface area contributed by atoms with Crippen molar-refractivity contribution in [3.05, 3.63) is 41.5 Å². The minimum Gasteiger partial charge on any atom is -0.475 e. The van der Waals surface area contributed by atoms with E-state index in [-0.39, 0.29) is 11.2 Å². The Morgan fingerprint density at radius 1 is 1.37 bits per heavy atom. The molecule has 2 aromatic heterocycles. The summed E-state index contributed by atoms with van der Waals surface area (Å²) in [5.74, 6) is 0.106. The van der Waals surface area contributed by atoms with Crippen LogP contribution in [0.5, 0.6) is 0 Å². The van der Waals surface area contributed by atoms with Crippen molar-refractivity contribution in [3.63, 3.8) is 0 Å². The van der Waals surface area contributed by atoms with Crippen molar-refractivity contribution >= 4 is 5.97 Å². The quantitative estimate of drug-likeness (QED) is 0.917. The second-order valence-electron chi connectivity index (χ2n) is 5.42. The van der Waals surface area contributed by atoms with Crippen LogP contribution in [0.4, 0.5) is 0 Å². The number of aromatic nitrogens is 1. The molecule has 0 bridgehead atoms. The van der Waals surface area contributed by atoms with Gasteiger partial charge in [-0.05, 0) is 12.1 Å². The molecular weight excluding hydrogens is 246 g/mol. The highest BCUT2D eigenvalue weighted by atomic mass is 16.4. The third-order valence-electron chi connectivity index (χ3n) is 2.74. The van der Waals surface area contributed by atoms with Crippen LogP contribution in [0.2, 0.25) is 0 Å². The highest BCUT2D eigenvalue weighted by Crippen LogP contribution is 2.26. The zero-order valence-electron chi connectivity index (χ0n) is 11.3. The monoisotopic (exact) mass is 263 g/mol. The number of aryl methyl sites for hydroxylation is 2. The second kappa shape index (κ2) is 4.91. The molecule has 0 saturated carbocycles. The number of hydrogen-bond acceptors (Lipinski definition) is 4. The Balaban J connectivity index is 2.20. The Kier molecular flexibility index (Phi) is 3.46. The van der Waals surface area contributed by atoms with Gasteiger partial charge < -0.3 is 13.9 Å². The predicted octanol–water partition coefficient (Wildman–Crippen LogP) is 3.05. The van der Waals surface area contributed by atoms with E-state index in [4.69, 9.17) is 13.9 Å². The third kappa shape index (κ3) is 3.05. The summed E-state index contributed by atoms with van der Waals surface area (Å²) in [6, 6.07) is 3.68. The molecule has 0 unspecified atom stereocenters. The highest BCUT2D eigenvalue weighted by Gasteiger charge is 2.28. The second-order valence-corrected chi connectivity index (χ2v) is 5.42. The molecule has 0 spiro atoms. The standard InChI is InChI=1S/C14H17NO4/c1-14(2,3)12-11(13(16)17)19-10(15-12)7-6-9-5-4-8-18-9/h4-5,8H,6-7H2,1-3H3,(H,16,17). The van der Waals surface area contributed by atoms with Gasteiger partial charge in [-0.3, -0.25) is 0 Å². The van der Waals surface area contributed by atoms with Crippen LogP contribution in [0.1, 0.15) is 48.7 Å². The van der Waals surface area contributed by atoms with E-state index < -0.39 is 5.97 Å². The highest BCUT2D eigenvalue weighted by molar-refractivity contribution is 5.86. The Morgan fingerprint density at radius 3 is 2.58 bits per heavy atom. The lowest BCUT2D eigenvalue weighted by Gasteiger charge is -2.14. The summed E-state index contributed by atoms with van der Waals surface area (Å²) in [5, 5.41) is 9.14. The minimum atomic E-state index is -1.08. The van der Waals surface area contributed by atoms with E-state index in [9.17, 15) is 4.79 Å². The molecule has 102 valence electrons. The summed E-state index contributed by atoms with van der Waals surface area (Å²) in [5.41, 5.74) is 0.120. The smallest absolute Gasteiger partial charge is 0.373 e.